The zero-order valence-corrected chi connectivity index (χ0v) is 13.2. The zero-order valence-electron chi connectivity index (χ0n) is 12.4. The molecule has 0 spiro atoms. The van der Waals surface area contributed by atoms with E-state index in [4.69, 9.17) is 0 Å². The summed E-state index contributed by atoms with van der Waals surface area (Å²) in [6, 6.07) is 4.73. The summed E-state index contributed by atoms with van der Waals surface area (Å²) in [5.41, 5.74) is 1.31. The van der Waals surface area contributed by atoms with Gasteiger partial charge in [-0.25, -0.2) is 4.98 Å². The van der Waals surface area contributed by atoms with Crippen LogP contribution >= 0.6 is 11.8 Å². The Morgan fingerprint density at radius 3 is 2.68 bits per heavy atom. The average molecular weight is 279 g/mol. The fourth-order valence-corrected chi connectivity index (χ4v) is 3.84. The molecule has 1 fully saturated rings. The molecule has 0 aromatic carbocycles. The molecule has 106 valence electrons. The molecule has 2 unspecified atom stereocenters. The minimum Gasteiger partial charge on any atom is -0.354 e. The summed E-state index contributed by atoms with van der Waals surface area (Å²) in [6.07, 6.45) is 1.91. The van der Waals surface area contributed by atoms with Gasteiger partial charge in [-0.2, -0.15) is 11.8 Å². The monoisotopic (exact) mass is 279 g/mol. The number of thioether (sulfide) groups is 1. The Bertz CT molecular complexity index is 398. The van der Waals surface area contributed by atoms with Gasteiger partial charge in [-0.1, -0.05) is 33.8 Å². The van der Waals surface area contributed by atoms with Gasteiger partial charge in [-0.15, -0.1) is 0 Å². The van der Waals surface area contributed by atoms with Gasteiger partial charge in [0.2, 0.25) is 0 Å². The number of aromatic nitrogens is 1. The third-order valence-corrected chi connectivity index (χ3v) is 4.51. The van der Waals surface area contributed by atoms with E-state index in [2.05, 4.69) is 60.7 Å². The van der Waals surface area contributed by atoms with Crippen LogP contribution < -0.4 is 10.2 Å². The van der Waals surface area contributed by atoms with Gasteiger partial charge in [0.05, 0.1) is 0 Å². The summed E-state index contributed by atoms with van der Waals surface area (Å²) in [5, 5.41) is 4.85. The summed E-state index contributed by atoms with van der Waals surface area (Å²) < 4.78 is 0. The Balaban J connectivity index is 2.14. The minimum absolute atomic E-state index is 0.503. The quantitative estimate of drug-likeness (QED) is 0.917. The molecule has 2 heterocycles. The number of pyridine rings is 1. The van der Waals surface area contributed by atoms with Crippen LogP contribution in [0.3, 0.4) is 0 Å². The number of nitrogens with one attached hydrogen (secondary N) is 1. The molecular formula is C15H25N3S. The van der Waals surface area contributed by atoms with Crippen molar-refractivity contribution in [2.75, 3.05) is 18.0 Å². The number of hydrogen-bond acceptors (Lipinski definition) is 4. The van der Waals surface area contributed by atoms with E-state index < -0.39 is 0 Å². The van der Waals surface area contributed by atoms with Crippen LogP contribution in [-0.2, 0) is 6.54 Å². The fraction of sp³-hybridized carbons (Fsp3) is 0.667. The molecule has 0 bridgehead atoms. The van der Waals surface area contributed by atoms with Gasteiger partial charge >= 0.3 is 0 Å². The normalized spacial score (nSPS) is 23.9. The first-order valence-corrected chi connectivity index (χ1v) is 8.08. The second-order valence-electron chi connectivity index (χ2n) is 5.68. The van der Waals surface area contributed by atoms with Crippen molar-refractivity contribution in [1.29, 1.82) is 0 Å². The Kier molecular flexibility index (Phi) is 5.11. The van der Waals surface area contributed by atoms with Crippen molar-refractivity contribution in [3.8, 4) is 0 Å². The van der Waals surface area contributed by atoms with E-state index >= 15 is 0 Å². The van der Waals surface area contributed by atoms with Gasteiger partial charge in [0.1, 0.15) is 5.82 Å². The van der Waals surface area contributed by atoms with Crippen LogP contribution in [0.5, 0.6) is 0 Å². The molecule has 1 saturated heterocycles. The lowest BCUT2D eigenvalue weighted by Crippen LogP contribution is -2.41. The van der Waals surface area contributed by atoms with Gasteiger partial charge in [0.25, 0.3) is 0 Å². The lowest BCUT2D eigenvalue weighted by atomic mass is 10.2. The summed E-state index contributed by atoms with van der Waals surface area (Å²) in [5.74, 6) is 1.16. The second kappa shape index (κ2) is 6.62. The highest BCUT2D eigenvalue weighted by atomic mass is 32.2. The second-order valence-corrected chi connectivity index (χ2v) is 7.57. The molecule has 0 radical (unpaired) electrons. The predicted molar refractivity (Wildman–Crippen MR) is 84.9 cm³/mol. The number of anilines is 1. The van der Waals surface area contributed by atoms with Crippen molar-refractivity contribution in [3.05, 3.63) is 23.9 Å². The van der Waals surface area contributed by atoms with Crippen LogP contribution in [0.25, 0.3) is 0 Å². The van der Waals surface area contributed by atoms with E-state index in [-0.39, 0.29) is 0 Å². The number of nitrogens with zero attached hydrogens (tertiary/aromatic N) is 2. The minimum atomic E-state index is 0.503. The van der Waals surface area contributed by atoms with Crippen molar-refractivity contribution < 1.29 is 0 Å². The largest absolute Gasteiger partial charge is 0.354 e. The molecule has 19 heavy (non-hydrogen) atoms. The highest BCUT2D eigenvalue weighted by molar-refractivity contribution is 8.00. The molecule has 1 aromatic heterocycles. The van der Waals surface area contributed by atoms with Crippen molar-refractivity contribution in [2.45, 2.75) is 50.8 Å². The predicted octanol–water partition coefficient (Wildman–Crippen LogP) is 2.91. The molecule has 4 heteroatoms. The molecule has 1 aliphatic heterocycles. The van der Waals surface area contributed by atoms with Gasteiger partial charge in [-0.05, 0) is 6.07 Å². The van der Waals surface area contributed by atoms with E-state index in [0.717, 1.165) is 25.5 Å². The van der Waals surface area contributed by atoms with E-state index in [1.54, 1.807) is 0 Å². The zero-order chi connectivity index (χ0) is 13.8. The van der Waals surface area contributed by atoms with Crippen molar-refractivity contribution in [1.82, 2.24) is 10.3 Å². The number of hydrogen-bond donors (Lipinski definition) is 1. The summed E-state index contributed by atoms with van der Waals surface area (Å²) in [4.78, 5) is 7.07. The molecule has 0 aliphatic carbocycles. The van der Waals surface area contributed by atoms with E-state index in [1.165, 1.54) is 5.56 Å². The summed E-state index contributed by atoms with van der Waals surface area (Å²) >= 11 is 2.08. The van der Waals surface area contributed by atoms with Crippen LogP contribution in [0.2, 0.25) is 0 Å². The average Bonchev–Trinajstić information content (AvgIpc) is 2.35. The molecular weight excluding hydrogens is 254 g/mol. The molecule has 1 aliphatic rings. The van der Waals surface area contributed by atoms with Crippen LogP contribution in [0, 0.1) is 0 Å². The van der Waals surface area contributed by atoms with Crippen LogP contribution in [-0.4, -0.2) is 34.6 Å². The molecule has 1 aromatic rings. The topological polar surface area (TPSA) is 28.2 Å². The molecule has 0 amide bonds. The summed E-state index contributed by atoms with van der Waals surface area (Å²) in [6.45, 7) is 12.1. The van der Waals surface area contributed by atoms with Gasteiger partial charge in [0, 0.05) is 47.9 Å². The smallest absolute Gasteiger partial charge is 0.133 e. The lowest BCUT2D eigenvalue weighted by molar-refractivity contribution is 0.585. The van der Waals surface area contributed by atoms with Gasteiger partial charge < -0.3 is 10.2 Å². The van der Waals surface area contributed by atoms with Crippen molar-refractivity contribution in [3.63, 3.8) is 0 Å². The lowest BCUT2D eigenvalue weighted by Gasteiger charge is -2.36. The molecule has 1 N–H and O–H groups in total. The fourth-order valence-electron chi connectivity index (χ4n) is 2.52. The Hall–Kier alpha value is -0.740. The maximum absolute atomic E-state index is 4.63. The first-order valence-electron chi connectivity index (χ1n) is 7.14. The molecule has 0 saturated carbocycles. The standard InChI is InChI=1S/C15H25N3S/c1-11(2)17-8-14-6-5-7-16-15(14)18-9-12(3)19-13(4)10-18/h5-7,11-13,17H,8-10H2,1-4H3. The highest BCUT2D eigenvalue weighted by Gasteiger charge is 2.24. The molecule has 3 nitrogen and oxygen atoms in total. The van der Waals surface area contributed by atoms with Crippen LogP contribution in [0.15, 0.2) is 18.3 Å². The van der Waals surface area contributed by atoms with Crippen molar-refractivity contribution in [2.24, 2.45) is 0 Å². The first-order chi connectivity index (χ1) is 9.06. The van der Waals surface area contributed by atoms with Gasteiger partial charge in [-0.3, -0.25) is 0 Å². The van der Waals surface area contributed by atoms with Crippen molar-refractivity contribution >= 4 is 17.6 Å². The SMILES string of the molecule is CC(C)NCc1cccnc1N1CC(C)SC(C)C1. The van der Waals surface area contributed by atoms with Crippen LogP contribution in [0.1, 0.15) is 33.3 Å². The maximum Gasteiger partial charge on any atom is 0.133 e. The van der Waals surface area contributed by atoms with E-state index in [1.807, 2.05) is 12.3 Å². The molecule has 2 atom stereocenters. The summed E-state index contributed by atoms with van der Waals surface area (Å²) in [7, 11) is 0. The maximum atomic E-state index is 4.63. The Morgan fingerprint density at radius 2 is 2.05 bits per heavy atom. The van der Waals surface area contributed by atoms with Crippen LogP contribution in [0.4, 0.5) is 5.82 Å². The first kappa shape index (κ1) is 14.7. The molecule has 2 rings (SSSR count). The highest BCUT2D eigenvalue weighted by Crippen LogP contribution is 2.29. The van der Waals surface area contributed by atoms with Gasteiger partial charge in [0.15, 0.2) is 0 Å². The Labute approximate surface area is 121 Å². The van der Waals surface area contributed by atoms with E-state index in [9.17, 15) is 0 Å². The third kappa shape index (κ3) is 4.11. The Morgan fingerprint density at radius 1 is 1.37 bits per heavy atom. The van der Waals surface area contributed by atoms with E-state index in [0.29, 0.717) is 16.5 Å². The third-order valence-electron chi connectivity index (χ3n) is 3.29. The number of rotatable bonds is 4.